The number of carbonyl (C=O) groups excluding carboxylic acids is 1. The smallest absolute Gasteiger partial charge is 0.416 e. The van der Waals surface area contributed by atoms with E-state index in [-0.39, 0.29) is 30.1 Å². The molecule has 0 aliphatic carbocycles. The van der Waals surface area contributed by atoms with E-state index in [1.807, 2.05) is 0 Å². The second kappa shape index (κ2) is 7.90. The van der Waals surface area contributed by atoms with Gasteiger partial charge in [0.1, 0.15) is 23.9 Å². The molecule has 1 N–H and O–H groups in total. The molecule has 3 aromatic rings. The second-order valence-electron chi connectivity index (χ2n) is 7.01. The highest BCUT2D eigenvalue weighted by Crippen LogP contribution is 2.39. The van der Waals surface area contributed by atoms with Crippen LogP contribution in [0.1, 0.15) is 22.4 Å². The fourth-order valence-corrected chi connectivity index (χ4v) is 3.39. The van der Waals surface area contributed by atoms with Gasteiger partial charge < -0.3 is 10.1 Å². The van der Waals surface area contributed by atoms with E-state index >= 15 is 0 Å². The van der Waals surface area contributed by atoms with E-state index in [1.165, 1.54) is 41.4 Å². The first-order valence-corrected chi connectivity index (χ1v) is 9.34. The molecule has 0 saturated carbocycles. The van der Waals surface area contributed by atoms with Gasteiger partial charge in [-0.25, -0.2) is 9.18 Å². The summed E-state index contributed by atoms with van der Waals surface area (Å²) >= 11 is 0. The molecule has 2 heterocycles. The zero-order valence-corrected chi connectivity index (χ0v) is 16.3. The normalized spacial score (nSPS) is 13.6. The Kier molecular flexibility index (Phi) is 5.26. The van der Waals surface area contributed by atoms with E-state index in [1.54, 1.807) is 19.1 Å². The first-order valence-electron chi connectivity index (χ1n) is 9.34. The largest absolute Gasteiger partial charge is 0.487 e. The molecular weight excluding hydrogens is 414 g/mol. The molecule has 1 aromatic heterocycles. The summed E-state index contributed by atoms with van der Waals surface area (Å²) < 4.78 is 59.7. The number of fused-ring (bicyclic) bond motifs is 1. The van der Waals surface area contributed by atoms with E-state index in [2.05, 4.69) is 10.3 Å². The number of aryl methyl sites for hydroxylation is 1. The molecule has 0 unspecified atom stereocenters. The lowest BCUT2D eigenvalue weighted by Crippen LogP contribution is -2.40. The number of halogens is 4. The Morgan fingerprint density at radius 2 is 1.97 bits per heavy atom. The van der Waals surface area contributed by atoms with Crippen molar-refractivity contribution in [3.05, 3.63) is 82.9 Å². The molecular formula is C22H17F4N3O2. The molecule has 9 heteroatoms. The summed E-state index contributed by atoms with van der Waals surface area (Å²) in [5, 5.41) is 2.52. The number of urea groups is 1. The number of ether oxygens (including phenoxy) is 1. The number of hydrogen-bond acceptors (Lipinski definition) is 3. The maximum atomic E-state index is 13.8. The van der Waals surface area contributed by atoms with Crippen molar-refractivity contribution < 1.29 is 27.1 Å². The lowest BCUT2D eigenvalue weighted by atomic mass is 10.0. The van der Waals surface area contributed by atoms with Crippen molar-refractivity contribution in [3.8, 4) is 5.75 Å². The van der Waals surface area contributed by atoms with Crippen molar-refractivity contribution in [3.63, 3.8) is 0 Å². The van der Waals surface area contributed by atoms with Gasteiger partial charge in [-0.2, -0.15) is 13.2 Å². The highest BCUT2D eigenvalue weighted by Gasteiger charge is 2.37. The SMILES string of the molecule is Cc1ccc(OCc2ncccc2F)cc1N1Cc2c(cccc2C(F)(F)F)NC1=O. The van der Waals surface area contributed by atoms with Crippen LogP contribution in [-0.2, 0) is 19.3 Å². The van der Waals surface area contributed by atoms with E-state index in [0.29, 0.717) is 17.0 Å². The van der Waals surface area contributed by atoms with Gasteiger partial charge in [0.2, 0.25) is 0 Å². The molecule has 0 spiro atoms. The number of rotatable bonds is 4. The van der Waals surface area contributed by atoms with Crippen LogP contribution in [0.3, 0.4) is 0 Å². The molecule has 5 nitrogen and oxygen atoms in total. The van der Waals surface area contributed by atoms with Crippen molar-refractivity contribution in [1.82, 2.24) is 4.98 Å². The summed E-state index contributed by atoms with van der Waals surface area (Å²) in [6.07, 6.45) is -3.11. The zero-order chi connectivity index (χ0) is 22.2. The quantitative estimate of drug-likeness (QED) is 0.541. The number of anilines is 2. The molecule has 0 fully saturated rings. The van der Waals surface area contributed by atoms with Gasteiger partial charge in [0.15, 0.2) is 0 Å². The molecule has 4 rings (SSSR count). The second-order valence-corrected chi connectivity index (χ2v) is 7.01. The zero-order valence-electron chi connectivity index (χ0n) is 16.3. The van der Waals surface area contributed by atoms with Gasteiger partial charge >= 0.3 is 12.2 Å². The Labute approximate surface area is 175 Å². The van der Waals surface area contributed by atoms with Crippen LogP contribution in [0.2, 0.25) is 0 Å². The summed E-state index contributed by atoms with van der Waals surface area (Å²) in [5.41, 5.74) is 0.482. The van der Waals surface area contributed by atoms with E-state index in [4.69, 9.17) is 4.74 Å². The first kappa shape index (κ1) is 20.6. The summed E-state index contributed by atoms with van der Waals surface area (Å²) in [6.45, 7) is 1.34. The lowest BCUT2D eigenvalue weighted by Gasteiger charge is -2.32. The molecule has 0 atom stereocenters. The number of hydrogen-bond donors (Lipinski definition) is 1. The van der Waals surface area contributed by atoms with Gasteiger partial charge in [0.05, 0.1) is 17.8 Å². The van der Waals surface area contributed by atoms with Gasteiger partial charge in [0, 0.05) is 23.5 Å². The topological polar surface area (TPSA) is 54.5 Å². The van der Waals surface area contributed by atoms with Crippen LogP contribution in [0.15, 0.2) is 54.7 Å². The van der Waals surface area contributed by atoms with Crippen molar-refractivity contribution in [2.75, 3.05) is 10.2 Å². The molecule has 2 aromatic carbocycles. The van der Waals surface area contributed by atoms with Gasteiger partial charge in [-0.15, -0.1) is 0 Å². The Hall–Kier alpha value is -3.62. The number of benzene rings is 2. The third kappa shape index (κ3) is 4.16. The Balaban J connectivity index is 1.63. The van der Waals surface area contributed by atoms with Gasteiger partial charge in [-0.1, -0.05) is 12.1 Å². The van der Waals surface area contributed by atoms with Crippen LogP contribution in [0.5, 0.6) is 5.75 Å². The number of aromatic nitrogens is 1. The summed E-state index contributed by atoms with van der Waals surface area (Å²) in [7, 11) is 0. The first-order chi connectivity index (χ1) is 14.7. The van der Waals surface area contributed by atoms with Crippen LogP contribution in [0, 0.1) is 12.7 Å². The van der Waals surface area contributed by atoms with Crippen molar-refractivity contribution in [2.45, 2.75) is 26.3 Å². The Morgan fingerprint density at radius 3 is 2.71 bits per heavy atom. The third-order valence-corrected chi connectivity index (χ3v) is 4.97. The molecule has 1 aliphatic rings. The Bertz CT molecular complexity index is 1150. The monoisotopic (exact) mass is 431 g/mol. The Morgan fingerprint density at radius 1 is 1.16 bits per heavy atom. The average Bonchev–Trinajstić information content (AvgIpc) is 2.72. The van der Waals surface area contributed by atoms with Gasteiger partial charge in [-0.05, 0) is 42.8 Å². The molecule has 2 amide bonds. The highest BCUT2D eigenvalue weighted by atomic mass is 19.4. The molecule has 160 valence electrons. The van der Waals surface area contributed by atoms with E-state index in [9.17, 15) is 22.4 Å². The van der Waals surface area contributed by atoms with Gasteiger partial charge in [0.25, 0.3) is 0 Å². The van der Waals surface area contributed by atoms with E-state index < -0.39 is 23.6 Å². The predicted molar refractivity (Wildman–Crippen MR) is 106 cm³/mol. The number of carbonyl (C=O) groups is 1. The van der Waals surface area contributed by atoms with Crippen molar-refractivity contribution in [2.24, 2.45) is 0 Å². The van der Waals surface area contributed by atoms with Crippen LogP contribution in [0.4, 0.5) is 33.7 Å². The summed E-state index contributed by atoms with van der Waals surface area (Å²) in [4.78, 5) is 17.8. The maximum absolute atomic E-state index is 13.8. The maximum Gasteiger partial charge on any atom is 0.416 e. The van der Waals surface area contributed by atoms with Crippen LogP contribution in [0.25, 0.3) is 0 Å². The standard InChI is InChI=1S/C22H17F4N3O2/c1-13-7-8-14(31-12-19-17(23)5-3-9-27-19)10-20(13)29-11-15-16(22(24,25)26)4-2-6-18(15)28-21(29)30/h2-10H,11-12H2,1H3,(H,28,30). The summed E-state index contributed by atoms with van der Waals surface area (Å²) in [6, 6.07) is 10.7. The number of pyridine rings is 1. The fourth-order valence-electron chi connectivity index (χ4n) is 3.39. The molecule has 1 aliphatic heterocycles. The molecule has 31 heavy (non-hydrogen) atoms. The van der Waals surface area contributed by atoms with Crippen LogP contribution >= 0.6 is 0 Å². The minimum atomic E-state index is -4.55. The van der Waals surface area contributed by atoms with Crippen molar-refractivity contribution >= 4 is 17.4 Å². The predicted octanol–water partition coefficient (Wildman–Crippen LogP) is 5.68. The minimum absolute atomic E-state index is 0.0177. The number of amides is 2. The number of nitrogens with one attached hydrogen (secondary N) is 1. The van der Waals surface area contributed by atoms with Gasteiger partial charge in [-0.3, -0.25) is 9.88 Å². The minimum Gasteiger partial charge on any atom is -0.487 e. The average molecular weight is 431 g/mol. The van der Waals surface area contributed by atoms with Crippen LogP contribution in [-0.4, -0.2) is 11.0 Å². The molecule has 0 bridgehead atoms. The third-order valence-electron chi connectivity index (χ3n) is 4.97. The van der Waals surface area contributed by atoms with E-state index in [0.717, 1.165) is 6.07 Å². The molecule has 0 saturated heterocycles. The fraction of sp³-hybridized carbons (Fsp3) is 0.182. The number of nitrogens with zero attached hydrogens (tertiary/aromatic N) is 2. The summed E-state index contributed by atoms with van der Waals surface area (Å²) in [5.74, 6) is -0.185. The lowest BCUT2D eigenvalue weighted by molar-refractivity contribution is -0.138. The number of alkyl halides is 3. The molecule has 0 radical (unpaired) electrons. The van der Waals surface area contributed by atoms with Crippen molar-refractivity contribution in [1.29, 1.82) is 0 Å². The van der Waals surface area contributed by atoms with Crippen LogP contribution < -0.4 is 15.0 Å². The highest BCUT2D eigenvalue weighted by molar-refractivity contribution is 6.05.